The van der Waals surface area contributed by atoms with Crippen LogP contribution in [0.1, 0.15) is 0 Å². The van der Waals surface area contributed by atoms with Crippen molar-refractivity contribution < 1.29 is 17.6 Å². The third-order valence-corrected chi connectivity index (χ3v) is 9.96. The molecule has 248 valence electrons. The molecular formula is C48H28F4. The van der Waals surface area contributed by atoms with Gasteiger partial charge in [0.2, 0.25) is 0 Å². The summed E-state index contributed by atoms with van der Waals surface area (Å²) in [6.07, 6.45) is 0. The van der Waals surface area contributed by atoms with Crippen molar-refractivity contribution >= 4 is 0 Å². The molecule has 0 nitrogen and oxygen atoms in total. The highest BCUT2D eigenvalue weighted by Gasteiger charge is 2.30. The maximum atomic E-state index is 14.3. The maximum absolute atomic E-state index is 14.3. The first-order valence-electron chi connectivity index (χ1n) is 17.0. The van der Waals surface area contributed by atoms with E-state index >= 15 is 0 Å². The van der Waals surface area contributed by atoms with E-state index in [0.717, 1.165) is 89.0 Å². The second kappa shape index (κ2) is 12.7. The molecule has 0 atom stereocenters. The van der Waals surface area contributed by atoms with E-state index in [2.05, 4.69) is 48.5 Å². The van der Waals surface area contributed by atoms with Gasteiger partial charge in [0.05, 0.1) is 0 Å². The van der Waals surface area contributed by atoms with Crippen LogP contribution in [0, 0.1) is 23.3 Å². The monoisotopic (exact) mass is 680 g/mol. The zero-order valence-corrected chi connectivity index (χ0v) is 27.7. The van der Waals surface area contributed by atoms with Crippen molar-refractivity contribution in [3.8, 4) is 89.0 Å². The lowest BCUT2D eigenvalue weighted by Gasteiger charge is -2.30. The molecule has 0 spiro atoms. The fraction of sp³-hybridized carbons (Fsp3) is 0. The predicted molar refractivity (Wildman–Crippen MR) is 203 cm³/mol. The highest BCUT2D eigenvalue weighted by atomic mass is 19.1. The van der Waals surface area contributed by atoms with Crippen LogP contribution in [-0.4, -0.2) is 0 Å². The average Bonchev–Trinajstić information content (AvgIpc) is 3.18. The summed E-state index contributed by atoms with van der Waals surface area (Å²) in [6.45, 7) is 0. The summed E-state index contributed by atoms with van der Waals surface area (Å²) in [7, 11) is 0. The van der Waals surface area contributed by atoms with Crippen molar-refractivity contribution in [3.05, 3.63) is 193 Å². The molecule has 9 rings (SSSR count). The Morgan fingerprint density at radius 2 is 0.385 bits per heavy atom. The lowest BCUT2D eigenvalue weighted by Crippen LogP contribution is -2.03. The maximum Gasteiger partial charge on any atom is 0.123 e. The van der Waals surface area contributed by atoms with Crippen molar-refractivity contribution in [2.75, 3.05) is 0 Å². The first-order valence-corrected chi connectivity index (χ1v) is 17.0. The van der Waals surface area contributed by atoms with Gasteiger partial charge < -0.3 is 0 Å². The summed E-state index contributed by atoms with van der Waals surface area (Å²) in [6, 6.07) is 50.8. The Hall–Kier alpha value is -6.52. The number of rotatable bonds is 4. The fourth-order valence-electron chi connectivity index (χ4n) is 7.64. The smallest absolute Gasteiger partial charge is 0.123 e. The molecule has 0 aliphatic heterocycles. The molecule has 0 saturated heterocycles. The average molecular weight is 681 g/mol. The van der Waals surface area contributed by atoms with E-state index in [1.54, 1.807) is 48.5 Å². The van der Waals surface area contributed by atoms with Crippen molar-refractivity contribution in [2.24, 2.45) is 0 Å². The number of halogens is 4. The van der Waals surface area contributed by atoms with E-state index in [9.17, 15) is 17.6 Å². The van der Waals surface area contributed by atoms with Gasteiger partial charge >= 0.3 is 0 Å². The molecule has 4 heteroatoms. The van der Waals surface area contributed by atoms with Crippen molar-refractivity contribution in [1.29, 1.82) is 0 Å². The van der Waals surface area contributed by atoms with Gasteiger partial charge in [0.15, 0.2) is 0 Å². The van der Waals surface area contributed by atoms with Crippen LogP contribution in [0.3, 0.4) is 0 Å². The lowest BCUT2D eigenvalue weighted by molar-refractivity contribution is 0.627. The van der Waals surface area contributed by atoms with E-state index < -0.39 is 0 Å². The van der Waals surface area contributed by atoms with Crippen LogP contribution < -0.4 is 0 Å². The summed E-state index contributed by atoms with van der Waals surface area (Å²) in [5.41, 5.74) is 14.5. The Kier molecular flexibility index (Phi) is 7.66. The van der Waals surface area contributed by atoms with Crippen molar-refractivity contribution in [1.82, 2.24) is 0 Å². The van der Waals surface area contributed by atoms with E-state index in [1.165, 1.54) is 48.5 Å². The van der Waals surface area contributed by atoms with Gasteiger partial charge in [0.1, 0.15) is 23.3 Å². The molecule has 0 N–H and O–H groups in total. The highest BCUT2D eigenvalue weighted by molar-refractivity contribution is 6.15. The van der Waals surface area contributed by atoms with Gasteiger partial charge in [-0.25, -0.2) is 17.6 Å². The number of hydrogen-bond acceptors (Lipinski definition) is 0. The quantitative estimate of drug-likeness (QED) is 0.162. The lowest BCUT2D eigenvalue weighted by atomic mass is 9.73. The van der Waals surface area contributed by atoms with Crippen molar-refractivity contribution in [3.63, 3.8) is 0 Å². The van der Waals surface area contributed by atoms with Crippen LogP contribution in [0.25, 0.3) is 89.0 Å². The third-order valence-electron chi connectivity index (χ3n) is 9.96. The van der Waals surface area contributed by atoms with E-state index in [-0.39, 0.29) is 23.3 Å². The molecule has 0 radical (unpaired) electrons. The molecule has 8 aromatic carbocycles. The second-order valence-corrected chi connectivity index (χ2v) is 12.9. The van der Waals surface area contributed by atoms with E-state index in [4.69, 9.17) is 0 Å². The molecule has 0 amide bonds. The number of benzene rings is 8. The zero-order valence-electron chi connectivity index (χ0n) is 27.7. The Morgan fingerprint density at radius 3 is 0.577 bits per heavy atom. The summed E-state index contributed by atoms with van der Waals surface area (Å²) in [5.74, 6) is -1.31. The summed E-state index contributed by atoms with van der Waals surface area (Å²) >= 11 is 0. The molecule has 8 aromatic rings. The first kappa shape index (κ1) is 31.5. The van der Waals surface area contributed by atoms with Gasteiger partial charge in [-0.15, -0.1) is 0 Å². The van der Waals surface area contributed by atoms with Crippen LogP contribution in [0.5, 0.6) is 0 Å². The fourth-order valence-corrected chi connectivity index (χ4v) is 7.64. The summed E-state index contributed by atoms with van der Waals surface area (Å²) < 4.78 is 57.3. The van der Waals surface area contributed by atoms with Crippen LogP contribution in [0.2, 0.25) is 0 Å². The summed E-state index contributed by atoms with van der Waals surface area (Å²) in [5, 5.41) is 0. The predicted octanol–water partition coefficient (Wildman–Crippen LogP) is 13.9. The van der Waals surface area contributed by atoms with Crippen LogP contribution in [0.4, 0.5) is 17.6 Å². The van der Waals surface area contributed by atoms with E-state index in [0.29, 0.717) is 0 Å². The van der Waals surface area contributed by atoms with E-state index in [1.807, 2.05) is 24.3 Å². The van der Waals surface area contributed by atoms with Gasteiger partial charge in [-0.05, 0) is 138 Å². The molecule has 1 aliphatic carbocycles. The van der Waals surface area contributed by atoms with Crippen molar-refractivity contribution in [2.45, 2.75) is 0 Å². The van der Waals surface area contributed by atoms with Crippen LogP contribution in [-0.2, 0) is 0 Å². The molecule has 0 heterocycles. The van der Waals surface area contributed by atoms with Gasteiger partial charge in [-0.1, -0.05) is 121 Å². The minimum Gasteiger partial charge on any atom is -0.207 e. The number of fused-ring (bicyclic) bond motifs is 8. The van der Waals surface area contributed by atoms with Crippen LogP contribution in [0.15, 0.2) is 170 Å². The molecule has 0 saturated carbocycles. The van der Waals surface area contributed by atoms with Gasteiger partial charge in [0.25, 0.3) is 0 Å². The molecule has 0 bridgehead atoms. The first-order chi connectivity index (χ1) is 25.4. The molecule has 0 aromatic heterocycles. The molecule has 0 fully saturated rings. The topological polar surface area (TPSA) is 0 Å². The Morgan fingerprint density at radius 1 is 0.192 bits per heavy atom. The SMILES string of the molecule is Fc1ccc(-c2ccc(-c3ccc(F)cc3)c3c2-c2ccccc2-c2c(-c4ccc(F)cc4)ccc(-c4ccc(F)cc4)c2-c2ccccc2-3)cc1. The Labute approximate surface area is 298 Å². The minimum absolute atomic E-state index is 0.327. The van der Waals surface area contributed by atoms with Gasteiger partial charge in [-0.2, -0.15) is 0 Å². The summed E-state index contributed by atoms with van der Waals surface area (Å²) in [4.78, 5) is 0. The second-order valence-electron chi connectivity index (χ2n) is 12.9. The Balaban J connectivity index is 1.49. The Bertz CT molecular complexity index is 2250. The van der Waals surface area contributed by atoms with Crippen LogP contribution >= 0.6 is 0 Å². The molecule has 0 unspecified atom stereocenters. The standard InChI is InChI=1S/C48H28F4/c49-33-17-9-29(10-18-33)37-25-26-39(31-13-21-35(51)22-14-31)47-43-7-3-4-8-44(43)48-40(32-15-23-36(52)24-16-32)28-27-38(30-11-19-34(50)20-12-30)46(48)42-6-2-1-5-41(42)45(37)47/h1-28H. The van der Waals surface area contributed by atoms with Gasteiger partial charge in [-0.3, -0.25) is 0 Å². The molecule has 1 aliphatic rings. The minimum atomic E-state index is -0.327. The highest BCUT2D eigenvalue weighted by Crippen LogP contribution is 2.56. The van der Waals surface area contributed by atoms with Gasteiger partial charge in [0, 0.05) is 0 Å². The molecule has 52 heavy (non-hydrogen) atoms. The zero-order chi connectivity index (χ0) is 35.3. The third kappa shape index (κ3) is 5.32. The largest absolute Gasteiger partial charge is 0.207 e. The normalized spacial score (nSPS) is 11.5. The molecular weight excluding hydrogens is 653 g/mol. The number of hydrogen-bond donors (Lipinski definition) is 0.